The average molecular weight is 417 g/mol. The number of esters is 1. The highest BCUT2D eigenvalue weighted by Gasteiger charge is 2.37. The van der Waals surface area contributed by atoms with Crippen LogP contribution in [0.5, 0.6) is 0 Å². The number of carbonyl (C=O) groups is 2. The first-order valence-corrected chi connectivity index (χ1v) is 10.3. The average Bonchev–Trinajstić information content (AvgIpc) is 2.96. The number of benzene rings is 1. The molecule has 0 N–H and O–H groups in total. The van der Waals surface area contributed by atoms with Gasteiger partial charge in [0.15, 0.2) is 0 Å². The predicted octanol–water partition coefficient (Wildman–Crippen LogP) is 4.63. The fourth-order valence-electron chi connectivity index (χ4n) is 3.42. The summed E-state index contributed by atoms with van der Waals surface area (Å²) in [5, 5.41) is 0. The largest absolute Gasteiger partial charge is 0.459 e. The Kier molecular flexibility index (Phi) is 5.63. The number of rotatable bonds is 3. The molecule has 5 nitrogen and oxygen atoms in total. The van der Waals surface area contributed by atoms with Gasteiger partial charge in [-0.15, -0.1) is 0 Å². The summed E-state index contributed by atoms with van der Waals surface area (Å²) >= 11 is 1.34. The minimum absolute atomic E-state index is 0.293. The van der Waals surface area contributed by atoms with Crippen molar-refractivity contribution < 1.29 is 18.7 Å². The first-order chi connectivity index (χ1) is 13.5. The second-order valence-corrected chi connectivity index (χ2v) is 9.02. The molecule has 0 fully saturated rings. The van der Waals surface area contributed by atoms with E-state index in [9.17, 15) is 14.0 Å². The van der Waals surface area contributed by atoms with Gasteiger partial charge < -0.3 is 9.64 Å². The fraction of sp³-hybridized carbons (Fsp3) is 0.409. The van der Waals surface area contributed by atoms with E-state index in [2.05, 4.69) is 4.37 Å². The van der Waals surface area contributed by atoms with E-state index in [-0.39, 0.29) is 17.8 Å². The maximum atomic E-state index is 13.7. The van der Waals surface area contributed by atoms with Crippen molar-refractivity contribution in [3.8, 4) is 0 Å². The van der Waals surface area contributed by atoms with Gasteiger partial charge in [-0.25, -0.2) is 9.18 Å². The molecule has 0 radical (unpaired) electrons. The standard InChI is InChI=1S/C22H25FN2O3S/c1-12(2)28-21(27)16-10-25(20(26)15-7-8-17(23)13(3)9-15)11-22(5,6)19-18(16)14(4)24-29-19/h7-10,12H,11H2,1-6H3. The molecular weight excluding hydrogens is 391 g/mol. The number of hydrogen-bond donors (Lipinski definition) is 0. The third kappa shape index (κ3) is 4.10. The second-order valence-electron chi connectivity index (χ2n) is 8.25. The normalized spacial score (nSPS) is 15.6. The Bertz CT molecular complexity index is 1010. The summed E-state index contributed by atoms with van der Waals surface area (Å²) in [6.45, 7) is 11.4. The molecule has 1 aromatic heterocycles. The summed E-state index contributed by atoms with van der Waals surface area (Å²) in [5.41, 5.74) is 2.12. The molecular formula is C22H25FN2O3S. The molecule has 29 heavy (non-hydrogen) atoms. The lowest BCUT2D eigenvalue weighted by atomic mass is 9.87. The molecule has 154 valence electrons. The van der Waals surface area contributed by atoms with Gasteiger partial charge >= 0.3 is 5.97 Å². The van der Waals surface area contributed by atoms with E-state index in [1.54, 1.807) is 27.0 Å². The Morgan fingerprint density at radius 1 is 1.28 bits per heavy atom. The monoisotopic (exact) mass is 416 g/mol. The highest BCUT2D eigenvalue weighted by Crippen LogP contribution is 2.40. The first kappa shape index (κ1) is 21.2. The van der Waals surface area contributed by atoms with Crippen LogP contribution in [0, 0.1) is 19.7 Å². The molecule has 3 rings (SSSR count). The maximum absolute atomic E-state index is 13.7. The fourth-order valence-corrected chi connectivity index (χ4v) is 4.40. The molecule has 0 bridgehead atoms. The van der Waals surface area contributed by atoms with Crippen molar-refractivity contribution in [3.63, 3.8) is 0 Å². The van der Waals surface area contributed by atoms with Crippen LogP contribution in [0.15, 0.2) is 24.4 Å². The van der Waals surface area contributed by atoms with Crippen LogP contribution in [-0.2, 0) is 14.9 Å². The van der Waals surface area contributed by atoms with Crippen LogP contribution < -0.4 is 0 Å². The van der Waals surface area contributed by atoms with Gasteiger partial charge in [0.2, 0.25) is 0 Å². The van der Waals surface area contributed by atoms with Crippen molar-refractivity contribution in [3.05, 3.63) is 57.5 Å². The third-order valence-corrected chi connectivity index (χ3v) is 6.13. The lowest BCUT2D eigenvalue weighted by Gasteiger charge is -2.28. The maximum Gasteiger partial charge on any atom is 0.340 e. The predicted molar refractivity (Wildman–Crippen MR) is 111 cm³/mol. The first-order valence-electron chi connectivity index (χ1n) is 9.48. The molecule has 1 amide bonds. The SMILES string of the molecule is Cc1cc(C(=O)N2C=C(C(=O)OC(C)C)c3c(C)nsc3C(C)(C)C2)ccc1F. The number of hydrogen-bond acceptors (Lipinski definition) is 5. The van der Waals surface area contributed by atoms with Crippen molar-refractivity contribution in [2.24, 2.45) is 0 Å². The number of aryl methyl sites for hydroxylation is 2. The van der Waals surface area contributed by atoms with Crippen molar-refractivity contribution in [1.29, 1.82) is 0 Å². The van der Waals surface area contributed by atoms with Crippen molar-refractivity contribution in [1.82, 2.24) is 9.27 Å². The molecule has 0 saturated carbocycles. The zero-order valence-electron chi connectivity index (χ0n) is 17.5. The Morgan fingerprint density at radius 3 is 2.59 bits per heavy atom. The van der Waals surface area contributed by atoms with Crippen LogP contribution in [0.3, 0.4) is 0 Å². The van der Waals surface area contributed by atoms with E-state index >= 15 is 0 Å². The quantitative estimate of drug-likeness (QED) is 0.685. The van der Waals surface area contributed by atoms with Gasteiger partial charge in [0.25, 0.3) is 5.91 Å². The number of halogens is 1. The number of nitrogens with zero attached hydrogens (tertiary/aromatic N) is 2. The molecule has 0 saturated heterocycles. The van der Waals surface area contributed by atoms with E-state index in [0.29, 0.717) is 23.2 Å². The molecule has 0 unspecified atom stereocenters. The molecule has 2 heterocycles. The minimum atomic E-state index is -0.490. The van der Waals surface area contributed by atoms with Crippen molar-refractivity contribution >= 4 is 29.0 Å². The van der Waals surface area contributed by atoms with Gasteiger partial charge in [0, 0.05) is 34.2 Å². The highest BCUT2D eigenvalue weighted by molar-refractivity contribution is 7.06. The molecule has 0 atom stereocenters. The third-order valence-electron chi connectivity index (χ3n) is 4.83. The van der Waals surface area contributed by atoms with Crippen molar-refractivity contribution in [2.45, 2.75) is 53.1 Å². The van der Waals surface area contributed by atoms with Gasteiger partial charge in [-0.05, 0) is 63.0 Å². The second kappa shape index (κ2) is 7.71. The van der Waals surface area contributed by atoms with Gasteiger partial charge in [0.1, 0.15) is 5.82 Å². The Morgan fingerprint density at radius 2 is 1.97 bits per heavy atom. The lowest BCUT2D eigenvalue weighted by Crippen LogP contribution is -2.36. The Labute approximate surface area is 174 Å². The zero-order valence-corrected chi connectivity index (χ0v) is 18.3. The van der Waals surface area contributed by atoms with E-state index in [1.165, 1.54) is 34.6 Å². The molecule has 2 aromatic rings. The summed E-state index contributed by atoms with van der Waals surface area (Å²) < 4.78 is 23.6. The molecule has 1 aliphatic rings. The number of aromatic nitrogens is 1. The minimum Gasteiger partial charge on any atom is -0.459 e. The van der Waals surface area contributed by atoms with E-state index < -0.39 is 11.4 Å². The summed E-state index contributed by atoms with van der Waals surface area (Å²) in [5.74, 6) is -1.15. The highest BCUT2D eigenvalue weighted by atomic mass is 32.1. The summed E-state index contributed by atoms with van der Waals surface area (Å²) in [6, 6.07) is 4.28. The number of fused-ring (bicyclic) bond motifs is 1. The molecule has 7 heteroatoms. The topological polar surface area (TPSA) is 59.5 Å². The Hall–Kier alpha value is -2.54. The molecule has 0 spiro atoms. The number of carbonyl (C=O) groups excluding carboxylic acids is 2. The molecule has 1 aliphatic heterocycles. The van der Waals surface area contributed by atoms with Gasteiger partial charge in [-0.3, -0.25) is 4.79 Å². The van der Waals surface area contributed by atoms with Crippen LogP contribution in [0.4, 0.5) is 4.39 Å². The zero-order chi connectivity index (χ0) is 21.5. The van der Waals surface area contributed by atoms with E-state index in [0.717, 1.165) is 16.1 Å². The van der Waals surface area contributed by atoms with E-state index in [4.69, 9.17) is 4.74 Å². The summed E-state index contributed by atoms with van der Waals surface area (Å²) in [7, 11) is 0. The van der Waals surface area contributed by atoms with Gasteiger partial charge in [0.05, 0.1) is 17.4 Å². The van der Waals surface area contributed by atoms with Crippen molar-refractivity contribution in [2.75, 3.05) is 6.54 Å². The van der Waals surface area contributed by atoms with E-state index in [1.807, 2.05) is 20.8 Å². The van der Waals surface area contributed by atoms with Crippen LogP contribution in [0.1, 0.15) is 59.8 Å². The molecule has 1 aromatic carbocycles. The molecule has 0 aliphatic carbocycles. The van der Waals surface area contributed by atoms with Crippen LogP contribution in [0.2, 0.25) is 0 Å². The number of amides is 1. The van der Waals surface area contributed by atoms with Gasteiger partial charge in [-0.2, -0.15) is 4.37 Å². The lowest BCUT2D eigenvalue weighted by molar-refractivity contribution is -0.140. The Balaban J connectivity index is 2.12. The van der Waals surface area contributed by atoms with Crippen LogP contribution in [-0.4, -0.2) is 33.8 Å². The smallest absolute Gasteiger partial charge is 0.340 e. The number of ether oxygens (including phenoxy) is 1. The van der Waals surface area contributed by atoms with Crippen LogP contribution >= 0.6 is 11.5 Å². The summed E-state index contributed by atoms with van der Waals surface area (Å²) in [6.07, 6.45) is 1.26. The van der Waals surface area contributed by atoms with Crippen LogP contribution in [0.25, 0.3) is 5.57 Å². The van der Waals surface area contributed by atoms with Gasteiger partial charge in [-0.1, -0.05) is 13.8 Å². The summed E-state index contributed by atoms with van der Waals surface area (Å²) in [4.78, 5) is 28.6.